The van der Waals surface area contributed by atoms with Crippen molar-refractivity contribution in [3.05, 3.63) is 35.5 Å². The summed E-state index contributed by atoms with van der Waals surface area (Å²) in [4.78, 5) is 31.1. The van der Waals surface area contributed by atoms with E-state index in [2.05, 4.69) is 5.10 Å². The molecule has 4 rings (SSSR count). The number of halogens is 3. The summed E-state index contributed by atoms with van der Waals surface area (Å²) in [5, 5.41) is 4.28. The van der Waals surface area contributed by atoms with Crippen LogP contribution in [0.1, 0.15) is 42.2 Å². The van der Waals surface area contributed by atoms with Gasteiger partial charge < -0.3 is 9.64 Å². The highest BCUT2D eigenvalue weighted by Crippen LogP contribution is 2.39. The van der Waals surface area contributed by atoms with Gasteiger partial charge in [0.1, 0.15) is 0 Å². The topological polar surface area (TPSA) is 76.8 Å². The molecule has 0 bridgehead atoms. The molecule has 1 saturated heterocycles. The number of nitrogens with zero attached hydrogens (tertiary/aromatic N) is 4. The smallest absolute Gasteiger partial charge is 0.416 e. The summed E-state index contributed by atoms with van der Waals surface area (Å²) in [5.74, 6) is 0.162. The predicted octanol–water partition coefficient (Wildman–Crippen LogP) is 4.86. The van der Waals surface area contributed by atoms with Crippen LogP contribution in [0.15, 0.2) is 29.3 Å². The van der Waals surface area contributed by atoms with Gasteiger partial charge in [0.15, 0.2) is 5.82 Å². The Kier molecular flexibility index (Phi) is 5.79. The minimum absolute atomic E-state index is 0.0361. The second-order valence-corrected chi connectivity index (χ2v) is 7.90. The number of aromatic nitrogens is 2. The fourth-order valence-corrected chi connectivity index (χ4v) is 4.21. The second-order valence-electron chi connectivity index (χ2n) is 7.90. The maximum atomic E-state index is 12.9. The van der Waals surface area contributed by atoms with Crippen LogP contribution in [-0.4, -0.2) is 52.1 Å². The second kappa shape index (κ2) is 8.40. The van der Waals surface area contributed by atoms with Crippen molar-refractivity contribution >= 4 is 23.5 Å². The summed E-state index contributed by atoms with van der Waals surface area (Å²) in [6, 6.07) is 4.78. The molecule has 0 N–H and O–H groups in total. The Hall–Kier alpha value is -3.17. The van der Waals surface area contributed by atoms with Crippen LogP contribution >= 0.6 is 0 Å². The number of rotatable bonds is 3. The number of ether oxygens (including phenoxy) is 1. The molecule has 32 heavy (non-hydrogen) atoms. The van der Waals surface area contributed by atoms with E-state index >= 15 is 0 Å². The van der Waals surface area contributed by atoms with Gasteiger partial charge in [0.2, 0.25) is 0 Å². The Morgan fingerprint density at radius 1 is 1.19 bits per heavy atom. The largest absolute Gasteiger partial charge is 0.450 e. The Bertz CT molecular complexity index is 1070. The molecule has 0 aliphatic carbocycles. The molecule has 1 aromatic carbocycles. The van der Waals surface area contributed by atoms with E-state index in [0.29, 0.717) is 55.2 Å². The highest BCUT2D eigenvalue weighted by molar-refractivity contribution is 6.08. The van der Waals surface area contributed by atoms with Crippen LogP contribution in [0.5, 0.6) is 0 Å². The van der Waals surface area contributed by atoms with E-state index in [4.69, 9.17) is 9.73 Å². The summed E-state index contributed by atoms with van der Waals surface area (Å²) >= 11 is 0. The third kappa shape index (κ3) is 4.13. The molecule has 1 amide bonds. The number of hydrogen-bond donors (Lipinski definition) is 0. The van der Waals surface area contributed by atoms with Gasteiger partial charge in [-0.05, 0) is 44.4 Å². The number of amides is 1. The van der Waals surface area contributed by atoms with Gasteiger partial charge in [-0.15, -0.1) is 0 Å². The minimum atomic E-state index is -4.42. The van der Waals surface area contributed by atoms with Crippen molar-refractivity contribution in [1.29, 1.82) is 0 Å². The third-order valence-corrected chi connectivity index (χ3v) is 5.85. The van der Waals surface area contributed by atoms with Crippen LogP contribution in [0, 0.1) is 12.8 Å². The zero-order valence-electron chi connectivity index (χ0n) is 17.8. The highest BCUT2D eigenvalue weighted by Gasteiger charge is 2.33. The van der Waals surface area contributed by atoms with Gasteiger partial charge >= 0.3 is 12.3 Å². The Morgan fingerprint density at radius 2 is 1.84 bits per heavy atom. The summed E-state index contributed by atoms with van der Waals surface area (Å²) < 4.78 is 45.1. The summed E-state index contributed by atoms with van der Waals surface area (Å²) in [6.45, 7) is 4.81. The molecule has 7 nitrogen and oxygen atoms in total. The molecule has 2 aromatic rings. The predicted molar refractivity (Wildman–Crippen MR) is 111 cm³/mol. The van der Waals surface area contributed by atoms with Crippen molar-refractivity contribution in [1.82, 2.24) is 14.7 Å². The van der Waals surface area contributed by atoms with Gasteiger partial charge in [-0.1, -0.05) is 12.1 Å². The summed E-state index contributed by atoms with van der Waals surface area (Å²) in [7, 11) is 0. The number of alkyl halides is 3. The van der Waals surface area contributed by atoms with Gasteiger partial charge in [-0.3, -0.25) is 4.79 Å². The van der Waals surface area contributed by atoms with Crippen LogP contribution in [0.3, 0.4) is 0 Å². The molecule has 10 heteroatoms. The molecule has 2 aliphatic heterocycles. The molecule has 0 radical (unpaired) electrons. The van der Waals surface area contributed by atoms with E-state index in [1.165, 1.54) is 16.8 Å². The molecular formula is C22H23F3N4O3. The summed E-state index contributed by atoms with van der Waals surface area (Å²) in [6.07, 6.45) is -3.32. The number of carbonyl (C=O) groups is 2. The van der Waals surface area contributed by atoms with Gasteiger partial charge in [-0.2, -0.15) is 23.0 Å². The SMILES string of the molecule is CCOC(=O)N1CCC(C2=Nc3c(-c4ccc(C(F)(F)F)cc4)c(C)nn3C(=O)C2)CC1. The normalized spacial score (nSPS) is 17.2. The third-order valence-electron chi connectivity index (χ3n) is 5.85. The van der Waals surface area contributed by atoms with Crippen molar-refractivity contribution in [2.24, 2.45) is 10.9 Å². The van der Waals surface area contributed by atoms with E-state index in [1.54, 1.807) is 18.7 Å². The van der Waals surface area contributed by atoms with Crippen molar-refractivity contribution in [2.45, 2.75) is 39.3 Å². The van der Waals surface area contributed by atoms with Gasteiger partial charge in [0.05, 0.1) is 24.3 Å². The lowest BCUT2D eigenvalue weighted by Gasteiger charge is -2.32. The number of aliphatic imine (C=N–C) groups is 1. The first kappa shape index (κ1) is 22.0. The van der Waals surface area contributed by atoms with E-state index in [1.807, 2.05) is 0 Å². The number of fused-ring (bicyclic) bond motifs is 1. The standard InChI is InChI=1S/C22H23F3N4O3/c1-3-32-21(31)28-10-8-14(9-11-28)17-12-18(30)29-20(26-17)19(13(2)27-29)15-4-6-16(7-5-15)22(23,24)25/h4-7,14H,3,8-12H2,1-2H3. The number of aryl methyl sites for hydroxylation is 1. The number of benzene rings is 1. The monoisotopic (exact) mass is 448 g/mol. The Labute approximate surface area is 182 Å². The Morgan fingerprint density at radius 3 is 2.44 bits per heavy atom. The zero-order chi connectivity index (χ0) is 23.0. The molecule has 0 saturated carbocycles. The van der Waals surface area contributed by atoms with Crippen molar-refractivity contribution in [3.8, 4) is 11.1 Å². The van der Waals surface area contributed by atoms with Gasteiger partial charge in [0, 0.05) is 30.3 Å². The van der Waals surface area contributed by atoms with E-state index in [-0.39, 0.29) is 24.3 Å². The number of likely N-dealkylation sites (tertiary alicyclic amines) is 1. The maximum Gasteiger partial charge on any atom is 0.416 e. The highest BCUT2D eigenvalue weighted by atomic mass is 19.4. The van der Waals surface area contributed by atoms with Gasteiger partial charge in [-0.25, -0.2) is 9.79 Å². The first-order valence-corrected chi connectivity index (χ1v) is 10.5. The molecule has 170 valence electrons. The molecule has 1 aromatic heterocycles. The van der Waals surface area contributed by atoms with Crippen LogP contribution in [0.2, 0.25) is 0 Å². The molecule has 2 aliphatic rings. The number of carbonyl (C=O) groups excluding carboxylic acids is 2. The van der Waals surface area contributed by atoms with Crippen LogP contribution in [0.25, 0.3) is 11.1 Å². The quantitative estimate of drug-likeness (QED) is 0.672. The van der Waals surface area contributed by atoms with Crippen molar-refractivity contribution < 1.29 is 27.5 Å². The fraction of sp³-hybridized carbons (Fsp3) is 0.455. The van der Waals surface area contributed by atoms with Gasteiger partial charge in [0.25, 0.3) is 5.91 Å². The lowest BCUT2D eigenvalue weighted by Crippen LogP contribution is -2.41. The zero-order valence-corrected chi connectivity index (χ0v) is 17.8. The summed E-state index contributed by atoms with van der Waals surface area (Å²) in [5.41, 5.74) is 1.57. The lowest BCUT2D eigenvalue weighted by molar-refractivity contribution is -0.137. The van der Waals surface area contributed by atoms with Crippen LogP contribution in [0.4, 0.5) is 23.8 Å². The van der Waals surface area contributed by atoms with E-state index in [0.717, 1.165) is 17.8 Å². The number of piperidine rings is 1. The molecule has 0 spiro atoms. The number of hydrogen-bond acceptors (Lipinski definition) is 5. The van der Waals surface area contributed by atoms with Crippen molar-refractivity contribution in [3.63, 3.8) is 0 Å². The van der Waals surface area contributed by atoms with Crippen LogP contribution in [-0.2, 0) is 10.9 Å². The average molecular weight is 448 g/mol. The fourth-order valence-electron chi connectivity index (χ4n) is 4.21. The first-order chi connectivity index (χ1) is 15.2. The maximum absolute atomic E-state index is 12.9. The average Bonchev–Trinajstić information content (AvgIpc) is 3.10. The van der Waals surface area contributed by atoms with Crippen molar-refractivity contribution in [2.75, 3.05) is 19.7 Å². The molecule has 0 unspecified atom stereocenters. The lowest BCUT2D eigenvalue weighted by atomic mass is 9.89. The first-order valence-electron chi connectivity index (χ1n) is 10.5. The van der Waals surface area contributed by atoms with Crippen LogP contribution < -0.4 is 0 Å². The molecule has 0 atom stereocenters. The van der Waals surface area contributed by atoms with E-state index in [9.17, 15) is 22.8 Å². The van der Waals surface area contributed by atoms with E-state index < -0.39 is 11.7 Å². The molecular weight excluding hydrogens is 425 g/mol. The Balaban J connectivity index is 1.61. The molecule has 1 fully saturated rings. The minimum Gasteiger partial charge on any atom is -0.450 e. The molecule has 3 heterocycles.